The van der Waals surface area contributed by atoms with E-state index in [1.165, 1.54) is 0 Å². The van der Waals surface area contributed by atoms with Crippen LogP contribution in [0.1, 0.15) is 146 Å². The van der Waals surface area contributed by atoms with E-state index in [1.54, 1.807) is 6.92 Å². The van der Waals surface area contributed by atoms with E-state index in [0.717, 1.165) is 12.8 Å². The van der Waals surface area contributed by atoms with E-state index in [0.29, 0.717) is 64.2 Å². The van der Waals surface area contributed by atoms with Crippen LogP contribution in [0.15, 0.2) is 0 Å². The zero-order valence-electron chi connectivity index (χ0n) is 35.2. The second kappa shape index (κ2) is 18.0. The fourth-order valence-corrected chi connectivity index (χ4v) is 10.9. The van der Waals surface area contributed by atoms with E-state index in [4.69, 9.17) is 23.7 Å². The Morgan fingerprint density at radius 3 is 2.09 bits per heavy atom. The van der Waals surface area contributed by atoms with Gasteiger partial charge in [-0.25, -0.2) is 0 Å². The number of hydrogen-bond acceptors (Lipinski definition) is 11. The Hall–Kier alpha value is -0.180. The van der Waals surface area contributed by atoms with Gasteiger partial charge in [0.2, 0.25) is 0 Å². The molecule has 0 radical (unpaired) electrons. The van der Waals surface area contributed by atoms with Crippen molar-refractivity contribution in [1.82, 2.24) is 0 Å². The molecule has 0 amide bonds. The number of rotatable bonds is 12. The Labute approximate surface area is 346 Å². The van der Waals surface area contributed by atoms with Crippen LogP contribution in [-0.2, 0) is 33.3 Å². The maximum absolute atomic E-state index is 14.4. The summed E-state index contributed by atoms with van der Waals surface area (Å²) in [6, 6.07) is 0. The van der Waals surface area contributed by atoms with Gasteiger partial charge in [0, 0.05) is 48.4 Å². The van der Waals surface area contributed by atoms with Crippen molar-refractivity contribution in [2.45, 2.75) is 212 Å². The summed E-state index contributed by atoms with van der Waals surface area (Å²) >= 11 is 0. The van der Waals surface area contributed by atoms with Gasteiger partial charge in [-0.2, -0.15) is 0 Å². The maximum Gasteiger partial charge on any atom is 1.00 e. The summed E-state index contributed by atoms with van der Waals surface area (Å²) in [6.07, 6.45) is 3.13. The van der Waals surface area contributed by atoms with Crippen molar-refractivity contribution in [1.29, 1.82) is 0 Å². The minimum absolute atomic E-state index is 0. The molecule has 12 heteroatoms. The molecular formula is C42H71NaO11. The van der Waals surface area contributed by atoms with E-state index >= 15 is 0 Å². The third kappa shape index (κ3) is 8.73. The third-order valence-corrected chi connectivity index (χ3v) is 14.8. The zero-order chi connectivity index (χ0) is 39.3. The van der Waals surface area contributed by atoms with Crippen LogP contribution in [-0.4, -0.2) is 92.6 Å². The van der Waals surface area contributed by atoms with Crippen LogP contribution >= 0.6 is 0 Å². The first kappa shape index (κ1) is 46.5. The molecule has 0 saturated carbocycles. The SMILES string of the molecule is CC[C@@H](C(=O)[C@@H](C)[C@@H](O)[C@H](C)[C@@H]1O[C@@H]([C@@H](CC)C(=O)[O-])CC[C@@H]1C)[C@H]1O[C@]2(CC[C@@H](O)[C@]3(CC[C@@](C)([C@H]4CC[C@](O)(CC)[C@H](C)O4)O3)O2)[C@H](C)C[C@@H]1C.[Na+]. The molecule has 306 valence electrons. The zero-order valence-corrected chi connectivity index (χ0v) is 37.2. The maximum atomic E-state index is 14.4. The molecule has 0 aromatic heterocycles. The summed E-state index contributed by atoms with van der Waals surface area (Å²) < 4.78 is 33.7. The fraction of sp³-hybridized carbons (Fsp3) is 0.952. The van der Waals surface area contributed by atoms with Gasteiger partial charge in [-0.15, -0.1) is 0 Å². The van der Waals surface area contributed by atoms with Crippen LogP contribution in [0.25, 0.3) is 0 Å². The summed E-state index contributed by atoms with van der Waals surface area (Å²) in [5.74, 6) is -5.74. The summed E-state index contributed by atoms with van der Waals surface area (Å²) in [4.78, 5) is 26.3. The number of carboxylic acid groups (broad SMARTS) is 1. The number of carbonyl (C=O) groups excluding carboxylic acids is 2. The molecule has 3 N–H and O–H groups in total. The van der Waals surface area contributed by atoms with Crippen molar-refractivity contribution in [3.8, 4) is 0 Å². The molecule has 5 fully saturated rings. The topological polar surface area (TPSA) is 164 Å². The van der Waals surface area contributed by atoms with Crippen LogP contribution in [0.4, 0.5) is 0 Å². The molecule has 0 bridgehead atoms. The molecule has 18 atom stereocenters. The van der Waals surface area contributed by atoms with Gasteiger partial charge in [0.25, 0.3) is 0 Å². The van der Waals surface area contributed by atoms with Gasteiger partial charge in [-0.05, 0) is 89.9 Å². The van der Waals surface area contributed by atoms with Crippen molar-refractivity contribution in [3.63, 3.8) is 0 Å². The molecule has 5 rings (SSSR count). The van der Waals surface area contributed by atoms with Gasteiger partial charge in [0.15, 0.2) is 11.6 Å². The molecule has 0 aromatic carbocycles. The Morgan fingerprint density at radius 1 is 0.833 bits per heavy atom. The predicted molar refractivity (Wildman–Crippen MR) is 196 cm³/mol. The number of carboxylic acids is 1. The molecule has 0 unspecified atom stereocenters. The van der Waals surface area contributed by atoms with E-state index in [1.807, 2.05) is 41.5 Å². The number of aliphatic hydroxyl groups excluding tert-OH is 2. The van der Waals surface area contributed by atoms with E-state index in [9.17, 15) is 30.0 Å². The molecule has 5 saturated heterocycles. The van der Waals surface area contributed by atoms with Crippen LogP contribution < -0.4 is 34.7 Å². The fourth-order valence-electron chi connectivity index (χ4n) is 10.9. The van der Waals surface area contributed by atoms with Crippen molar-refractivity contribution in [2.75, 3.05) is 0 Å². The van der Waals surface area contributed by atoms with Gasteiger partial charge in [0.1, 0.15) is 11.9 Å². The molecule has 54 heavy (non-hydrogen) atoms. The molecule has 5 heterocycles. The quantitative estimate of drug-likeness (QED) is 0.249. The van der Waals surface area contributed by atoms with Crippen molar-refractivity contribution in [2.24, 2.45) is 41.4 Å². The number of ketones is 1. The molecule has 2 spiro atoms. The number of carbonyl (C=O) groups is 2. The number of hydrogen-bond donors (Lipinski definition) is 3. The minimum atomic E-state index is -1.29. The van der Waals surface area contributed by atoms with E-state index in [2.05, 4.69) is 20.8 Å². The van der Waals surface area contributed by atoms with Crippen LogP contribution in [0.5, 0.6) is 0 Å². The molecule has 11 nitrogen and oxygen atoms in total. The first-order valence-electron chi connectivity index (χ1n) is 21.0. The largest absolute Gasteiger partial charge is 1.00 e. The Bertz CT molecular complexity index is 1290. The summed E-state index contributed by atoms with van der Waals surface area (Å²) in [7, 11) is 0. The number of ether oxygens (including phenoxy) is 5. The molecular weight excluding hydrogens is 703 g/mol. The van der Waals surface area contributed by atoms with E-state index in [-0.39, 0.29) is 65.3 Å². The summed E-state index contributed by atoms with van der Waals surface area (Å²) in [6.45, 7) is 19.7. The Balaban J connectivity index is 0.00000650. The van der Waals surface area contributed by atoms with Gasteiger partial charge >= 0.3 is 29.6 Å². The second-order valence-corrected chi connectivity index (χ2v) is 18.2. The molecule has 5 aliphatic heterocycles. The van der Waals surface area contributed by atoms with Gasteiger partial charge in [-0.1, -0.05) is 55.4 Å². The third-order valence-electron chi connectivity index (χ3n) is 14.8. The first-order valence-corrected chi connectivity index (χ1v) is 21.0. The van der Waals surface area contributed by atoms with Crippen LogP contribution in [0.2, 0.25) is 0 Å². The number of Topliss-reactive ketones (excluding diaryl/α,β-unsaturated/α-hetero) is 1. The Morgan fingerprint density at radius 2 is 1.50 bits per heavy atom. The second-order valence-electron chi connectivity index (χ2n) is 18.2. The van der Waals surface area contributed by atoms with Gasteiger partial charge < -0.3 is 48.9 Å². The van der Waals surface area contributed by atoms with E-state index < -0.39 is 82.9 Å². The normalized spacial score (nSPS) is 45.6. The average Bonchev–Trinajstić information content (AvgIpc) is 3.47. The Kier molecular flexibility index (Phi) is 15.5. The predicted octanol–water partition coefficient (Wildman–Crippen LogP) is 2.08. The number of aliphatic hydroxyl groups is 3. The summed E-state index contributed by atoms with van der Waals surface area (Å²) in [5.41, 5.74) is -1.59. The van der Waals surface area contributed by atoms with Crippen LogP contribution in [0, 0.1) is 41.4 Å². The minimum Gasteiger partial charge on any atom is -0.550 e. The van der Waals surface area contributed by atoms with Gasteiger partial charge in [0.05, 0.1) is 47.8 Å². The average molecular weight is 775 g/mol. The monoisotopic (exact) mass is 774 g/mol. The van der Waals surface area contributed by atoms with Crippen molar-refractivity contribution < 1.29 is 83.3 Å². The number of aliphatic carboxylic acids is 1. The van der Waals surface area contributed by atoms with Crippen molar-refractivity contribution >= 4 is 11.8 Å². The molecule has 0 aliphatic carbocycles. The van der Waals surface area contributed by atoms with Crippen LogP contribution in [0.3, 0.4) is 0 Å². The molecule has 0 aromatic rings. The van der Waals surface area contributed by atoms with Gasteiger partial charge in [-0.3, -0.25) is 4.79 Å². The van der Waals surface area contributed by atoms with Crippen molar-refractivity contribution in [3.05, 3.63) is 0 Å². The standard InChI is InChI=1S/C42H72O11.Na/c1-11-29(38(46)47)31-15-14-23(4)36(50-31)27(8)34(44)26(7)35(45)30(12-2)37-24(5)22-25(6)41(51-37)19-16-32(43)42(53-41)21-20-39(10,52-42)33-17-18-40(48,13-3)28(9)49-33;/h23-34,36-37,43-44,48H,11-22H2,1-10H3,(H,46,47);/q;+1/p-1/t23-,24-,25+,26-,27-,28-,29+,30-,31+,32+,33+,34+,36+,37-,39-,40+,41-,42-;/m0./s1. The smallest absolute Gasteiger partial charge is 0.550 e. The molecule has 5 aliphatic rings. The first-order chi connectivity index (χ1) is 24.8. The summed E-state index contributed by atoms with van der Waals surface area (Å²) in [5, 5.41) is 46.1.